The van der Waals surface area contributed by atoms with Gasteiger partial charge in [-0.05, 0) is 43.5 Å². The molecule has 3 nitrogen and oxygen atoms in total. The van der Waals surface area contributed by atoms with Crippen molar-refractivity contribution < 1.29 is 14.3 Å². The van der Waals surface area contributed by atoms with Crippen LogP contribution in [-0.2, 0) is 0 Å². The number of aromatic carboxylic acids is 1. The summed E-state index contributed by atoms with van der Waals surface area (Å²) in [4.78, 5) is 11.3. The number of carboxylic acids is 1. The van der Waals surface area contributed by atoms with Gasteiger partial charge in [0.05, 0.1) is 5.52 Å². The normalized spacial score (nSPS) is 15.4. The Morgan fingerprint density at radius 2 is 2.18 bits per heavy atom. The minimum Gasteiger partial charge on any atom is -0.477 e. The number of halogens is 1. The first-order chi connectivity index (χ1) is 8.09. The monoisotopic (exact) mass is 233 g/mol. The Balaban J connectivity index is 2.41. The second-order valence-corrected chi connectivity index (χ2v) is 4.54. The van der Waals surface area contributed by atoms with Gasteiger partial charge in [-0.15, -0.1) is 0 Å². The quantitative estimate of drug-likeness (QED) is 0.865. The lowest BCUT2D eigenvalue weighted by Crippen LogP contribution is -2.08. The molecule has 0 aliphatic heterocycles. The fourth-order valence-electron chi connectivity index (χ4n) is 2.43. The Morgan fingerprint density at radius 3 is 2.76 bits per heavy atom. The van der Waals surface area contributed by atoms with E-state index in [-0.39, 0.29) is 11.9 Å². The van der Waals surface area contributed by atoms with E-state index in [0.717, 1.165) is 23.8 Å². The molecular weight excluding hydrogens is 221 g/mol. The summed E-state index contributed by atoms with van der Waals surface area (Å²) in [6.07, 6.45) is 1.94. The summed E-state index contributed by atoms with van der Waals surface area (Å²) in [6, 6.07) is 4.68. The van der Waals surface area contributed by atoms with Gasteiger partial charge in [-0.2, -0.15) is 0 Å². The number of fused-ring (bicyclic) bond motifs is 1. The standard InChI is InChI=1S/C13H12FNO2/c1-7-10-5-2-8(14)6-11(10)15(9-3-4-9)12(7)13(16)17/h2,5-6,9H,3-4H2,1H3,(H,16,17). The van der Waals surface area contributed by atoms with Crippen molar-refractivity contribution in [2.75, 3.05) is 0 Å². The molecule has 1 aromatic carbocycles. The number of aromatic nitrogens is 1. The van der Waals surface area contributed by atoms with Gasteiger partial charge in [-0.3, -0.25) is 0 Å². The Hall–Kier alpha value is -1.84. The molecule has 0 radical (unpaired) electrons. The molecule has 0 bridgehead atoms. The maximum atomic E-state index is 13.3. The maximum absolute atomic E-state index is 13.3. The molecule has 1 saturated carbocycles. The van der Waals surface area contributed by atoms with E-state index in [0.29, 0.717) is 11.2 Å². The lowest BCUT2D eigenvalue weighted by molar-refractivity contribution is 0.0684. The first-order valence-electron chi connectivity index (χ1n) is 5.63. The third kappa shape index (κ3) is 1.44. The molecule has 1 fully saturated rings. The highest BCUT2D eigenvalue weighted by Gasteiger charge is 2.31. The molecule has 17 heavy (non-hydrogen) atoms. The van der Waals surface area contributed by atoms with Gasteiger partial charge >= 0.3 is 5.97 Å². The molecule has 4 heteroatoms. The van der Waals surface area contributed by atoms with E-state index in [1.165, 1.54) is 12.1 Å². The van der Waals surface area contributed by atoms with Gasteiger partial charge < -0.3 is 9.67 Å². The summed E-state index contributed by atoms with van der Waals surface area (Å²) in [5, 5.41) is 10.1. The molecule has 1 heterocycles. The first kappa shape index (κ1) is 10.3. The largest absolute Gasteiger partial charge is 0.477 e. The third-order valence-corrected chi connectivity index (χ3v) is 3.33. The number of nitrogens with zero attached hydrogens (tertiary/aromatic N) is 1. The van der Waals surface area contributed by atoms with Gasteiger partial charge in [0.25, 0.3) is 0 Å². The second kappa shape index (κ2) is 3.32. The zero-order valence-corrected chi connectivity index (χ0v) is 9.40. The van der Waals surface area contributed by atoms with Crippen LogP contribution in [0, 0.1) is 12.7 Å². The Kier molecular flexibility index (Phi) is 2.02. The third-order valence-electron chi connectivity index (χ3n) is 3.33. The van der Waals surface area contributed by atoms with Gasteiger partial charge in [0, 0.05) is 11.4 Å². The smallest absolute Gasteiger partial charge is 0.352 e. The number of aryl methyl sites for hydroxylation is 1. The van der Waals surface area contributed by atoms with Crippen molar-refractivity contribution in [3.8, 4) is 0 Å². The molecule has 88 valence electrons. The van der Waals surface area contributed by atoms with E-state index < -0.39 is 5.97 Å². The van der Waals surface area contributed by atoms with E-state index in [4.69, 9.17) is 0 Å². The van der Waals surface area contributed by atoms with E-state index >= 15 is 0 Å². The van der Waals surface area contributed by atoms with Crippen LogP contribution in [0.5, 0.6) is 0 Å². The van der Waals surface area contributed by atoms with Crippen LogP contribution in [-0.4, -0.2) is 15.6 Å². The summed E-state index contributed by atoms with van der Waals surface area (Å²) >= 11 is 0. The lowest BCUT2D eigenvalue weighted by Gasteiger charge is -2.06. The molecule has 2 aromatic rings. The molecular formula is C13H12FNO2. The summed E-state index contributed by atoms with van der Waals surface area (Å²) in [6.45, 7) is 1.78. The van der Waals surface area contributed by atoms with Crippen LogP contribution in [0.15, 0.2) is 18.2 Å². The minimum atomic E-state index is -0.939. The van der Waals surface area contributed by atoms with Crippen molar-refractivity contribution in [2.45, 2.75) is 25.8 Å². The van der Waals surface area contributed by atoms with Crippen LogP contribution >= 0.6 is 0 Å². The minimum absolute atomic E-state index is 0.221. The van der Waals surface area contributed by atoms with E-state index in [2.05, 4.69) is 0 Å². The molecule has 3 rings (SSSR count). The second-order valence-electron chi connectivity index (χ2n) is 4.54. The van der Waals surface area contributed by atoms with Crippen molar-refractivity contribution in [3.63, 3.8) is 0 Å². The van der Waals surface area contributed by atoms with Gasteiger partial charge in [-0.25, -0.2) is 9.18 Å². The highest BCUT2D eigenvalue weighted by Crippen LogP contribution is 2.41. The zero-order valence-electron chi connectivity index (χ0n) is 9.40. The first-order valence-corrected chi connectivity index (χ1v) is 5.63. The van der Waals surface area contributed by atoms with Crippen LogP contribution in [0.3, 0.4) is 0 Å². The molecule has 1 aliphatic rings. The summed E-state index contributed by atoms with van der Waals surface area (Å²) in [7, 11) is 0. The molecule has 1 aromatic heterocycles. The van der Waals surface area contributed by atoms with Crippen molar-refractivity contribution in [2.24, 2.45) is 0 Å². The highest BCUT2D eigenvalue weighted by atomic mass is 19.1. The fraction of sp³-hybridized carbons (Fsp3) is 0.308. The molecule has 0 atom stereocenters. The number of rotatable bonds is 2. The van der Waals surface area contributed by atoms with Crippen LogP contribution < -0.4 is 0 Å². The van der Waals surface area contributed by atoms with Crippen LogP contribution in [0.1, 0.15) is 34.9 Å². The fourth-order valence-corrected chi connectivity index (χ4v) is 2.43. The van der Waals surface area contributed by atoms with Gasteiger partial charge in [0.2, 0.25) is 0 Å². The number of hydrogen-bond acceptors (Lipinski definition) is 1. The summed E-state index contributed by atoms with van der Waals surface area (Å²) < 4.78 is 15.1. The lowest BCUT2D eigenvalue weighted by atomic mass is 10.1. The topological polar surface area (TPSA) is 42.2 Å². The van der Waals surface area contributed by atoms with Gasteiger partial charge in [0.1, 0.15) is 11.5 Å². The predicted octanol–water partition coefficient (Wildman–Crippen LogP) is 3.12. The summed E-state index contributed by atoms with van der Waals surface area (Å²) in [5.41, 5.74) is 1.72. The van der Waals surface area contributed by atoms with E-state index in [9.17, 15) is 14.3 Å². The van der Waals surface area contributed by atoms with Crippen molar-refractivity contribution in [1.29, 1.82) is 0 Å². The number of carbonyl (C=O) groups is 1. The molecule has 0 unspecified atom stereocenters. The van der Waals surface area contributed by atoms with Crippen LogP contribution in [0.4, 0.5) is 4.39 Å². The SMILES string of the molecule is Cc1c(C(=O)O)n(C2CC2)c2cc(F)ccc12. The van der Waals surface area contributed by atoms with Crippen LogP contribution in [0.25, 0.3) is 10.9 Å². The van der Waals surface area contributed by atoms with E-state index in [1.807, 2.05) is 0 Å². The molecule has 0 spiro atoms. The van der Waals surface area contributed by atoms with Crippen molar-refractivity contribution in [1.82, 2.24) is 4.57 Å². The number of benzene rings is 1. The predicted molar refractivity (Wildman–Crippen MR) is 61.9 cm³/mol. The molecule has 1 N–H and O–H groups in total. The van der Waals surface area contributed by atoms with E-state index in [1.54, 1.807) is 17.6 Å². The molecule has 1 aliphatic carbocycles. The Morgan fingerprint density at radius 1 is 1.47 bits per heavy atom. The molecule has 0 saturated heterocycles. The maximum Gasteiger partial charge on any atom is 0.352 e. The van der Waals surface area contributed by atoms with Crippen LogP contribution in [0.2, 0.25) is 0 Å². The Bertz CT molecular complexity index is 626. The zero-order chi connectivity index (χ0) is 12.2. The van der Waals surface area contributed by atoms with Crippen molar-refractivity contribution in [3.05, 3.63) is 35.3 Å². The average Bonchev–Trinajstić information content (AvgIpc) is 3.04. The van der Waals surface area contributed by atoms with Gasteiger partial charge in [0.15, 0.2) is 0 Å². The number of carboxylic acid groups (broad SMARTS) is 1. The highest BCUT2D eigenvalue weighted by molar-refractivity contribution is 5.98. The van der Waals surface area contributed by atoms with Crippen molar-refractivity contribution >= 4 is 16.9 Å². The molecule has 0 amide bonds. The number of hydrogen-bond donors (Lipinski definition) is 1. The Labute approximate surface area is 97.5 Å². The van der Waals surface area contributed by atoms with Gasteiger partial charge in [-0.1, -0.05) is 0 Å². The summed E-state index contributed by atoms with van der Waals surface area (Å²) in [5.74, 6) is -1.26. The average molecular weight is 233 g/mol.